The standard InChI is InChI=1S/C19H26N2OS/c1-6-21(14(2)3)17-9-7-16(8-10-17)19(22)20(5)13-18-15(4)11-12-23-18/h7-12,14H,6,13H2,1-5H3. The van der Waals surface area contributed by atoms with E-state index < -0.39 is 0 Å². The molecule has 0 aliphatic rings. The van der Waals surface area contributed by atoms with Gasteiger partial charge in [0.15, 0.2) is 0 Å². The molecule has 1 aromatic carbocycles. The lowest BCUT2D eigenvalue weighted by Crippen LogP contribution is -2.30. The molecular formula is C19H26N2OS. The van der Waals surface area contributed by atoms with Gasteiger partial charge >= 0.3 is 0 Å². The number of amides is 1. The van der Waals surface area contributed by atoms with Crippen molar-refractivity contribution >= 4 is 22.9 Å². The molecule has 3 nitrogen and oxygen atoms in total. The van der Waals surface area contributed by atoms with Gasteiger partial charge < -0.3 is 9.80 Å². The Morgan fingerprint density at radius 3 is 2.30 bits per heavy atom. The highest BCUT2D eigenvalue weighted by molar-refractivity contribution is 7.10. The van der Waals surface area contributed by atoms with Crippen LogP contribution < -0.4 is 4.90 Å². The summed E-state index contributed by atoms with van der Waals surface area (Å²) in [4.78, 5) is 17.9. The highest BCUT2D eigenvalue weighted by Gasteiger charge is 2.15. The molecule has 4 heteroatoms. The largest absolute Gasteiger partial charge is 0.369 e. The number of carbonyl (C=O) groups excluding carboxylic acids is 1. The second kappa shape index (κ2) is 7.64. The van der Waals surface area contributed by atoms with Crippen LogP contribution in [-0.2, 0) is 6.54 Å². The van der Waals surface area contributed by atoms with Crippen LogP contribution in [0, 0.1) is 6.92 Å². The Labute approximate surface area is 143 Å². The van der Waals surface area contributed by atoms with E-state index in [1.165, 1.54) is 10.4 Å². The summed E-state index contributed by atoms with van der Waals surface area (Å²) in [6, 6.07) is 10.5. The average Bonchev–Trinajstić information content (AvgIpc) is 2.92. The lowest BCUT2D eigenvalue weighted by molar-refractivity contribution is 0.0786. The Kier molecular flexibility index (Phi) is 5.83. The Bertz CT molecular complexity index is 646. The molecule has 0 radical (unpaired) electrons. The first kappa shape index (κ1) is 17.5. The van der Waals surface area contributed by atoms with E-state index in [9.17, 15) is 4.79 Å². The minimum atomic E-state index is 0.0666. The van der Waals surface area contributed by atoms with Gasteiger partial charge in [0.1, 0.15) is 0 Å². The highest BCUT2D eigenvalue weighted by atomic mass is 32.1. The van der Waals surface area contributed by atoms with Gasteiger partial charge in [0.05, 0.1) is 6.54 Å². The maximum atomic E-state index is 12.6. The monoisotopic (exact) mass is 330 g/mol. The molecule has 2 rings (SSSR count). The second-order valence-electron chi connectivity index (χ2n) is 6.11. The zero-order valence-electron chi connectivity index (χ0n) is 14.7. The van der Waals surface area contributed by atoms with Crippen LogP contribution in [0.4, 0.5) is 5.69 Å². The van der Waals surface area contributed by atoms with E-state index in [1.807, 2.05) is 31.3 Å². The topological polar surface area (TPSA) is 23.6 Å². The minimum Gasteiger partial charge on any atom is -0.369 e. The van der Waals surface area contributed by atoms with Gasteiger partial charge in [-0.2, -0.15) is 0 Å². The quantitative estimate of drug-likeness (QED) is 0.775. The molecule has 0 atom stereocenters. The van der Waals surface area contributed by atoms with Crippen LogP contribution >= 0.6 is 11.3 Å². The van der Waals surface area contributed by atoms with Gasteiger partial charge in [0.2, 0.25) is 0 Å². The Morgan fingerprint density at radius 1 is 1.17 bits per heavy atom. The fourth-order valence-electron chi connectivity index (χ4n) is 2.72. The summed E-state index contributed by atoms with van der Waals surface area (Å²) in [6.45, 7) is 10.2. The summed E-state index contributed by atoms with van der Waals surface area (Å²) in [7, 11) is 1.86. The Morgan fingerprint density at radius 2 is 1.83 bits per heavy atom. The lowest BCUT2D eigenvalue weighted by Gasteiger charge is -2.27. The van der Waals surface area contributed by atoms with Crippen LogP contribution in [0.3, 0.4) is 0 Å². The van der Waals surface area contributed by atoms with Crippen molar-refractivity contribution < 1.29 is 4.79 Å². The number of nitrogens with zero attached hydrogens (tertiary/aromatic N) is 2. The number of thiophene rings is 1. The first-order chi connectivity index (χ1) is 10.9. The SMILES string of the molecule is CCN(c1ccc(C(=O)N(C)Cc2sccc2C)cc1)C(C)C. The number of aryl methyl sites for hydroxylation is 1. The number of carbonyl (C=O) groups is 1. The lowest BCUT2D eigenvalue weighted by atomic mass is 10.1. The van der Waals surface area contributed by atoms with Gasteiger partial charge in [-0.15, -0.1) is 11.3 Å². The van der Waals surface area contributed by atoms with Crippen LogP contribution in [0.15, 0.2) is 35.7 Å². The number of hydrogen-bond donors (Lipinski definition) is 0. The van der Waals surface area contributed by atoms with Crippen molar-refractivity contribution in [2.45, 2.75) is 40.3 Å². The maximum Gasteiger partial charge on any atom is 0.253 e. The average molecular weight is 330 g/mol. The molecule has 1 amide bonds. The third-order valence-electron chi connectivity index (χ3n) is 4.11. The molecule has 23 heavy (non-hydrogen) atoms. The van der Waals surface area contributed by atoms with Gasteiger partial charge in [0, 0.05) is 35.8 Å². The first-order valence-electron chi connectivity index (χ1n) is 8.09. The van der Waals surface area contributed by atoms with Gasteiger partial charge in [-0.1, -0.05) is 0 Å². The Hall–Kier alpha value is -1.81. The second-order valence-corrected chi connectivity index (χ2v) is 7.12. The normalized spacial score (nSPS) is 10.9. The van der Waals surface area contributed by atoms with E-state index in [-0.39, 0.29) is 5.91 Å². The molecular weight excluding hydrogens is 304 g/mol. The van der Waals surface area contributed by atoms with E-state index in [0.29, 0.717) is 12.6 Å². The third kappa shape index (κ3) is 4.14. The van der Waals surface area contributed by atoms with Crippen molar-refractivity contribution in [3.8, 4) is 0 Å². The predicted molar refractivity (Wildman–Crippen MR) is 99.5 cm³/mol. The fourth-order valence-corrected chi connectivity index (χ4v) is 3.67. The molecule has 2 aromatic rings. The maximum absolute atomic E-state index is 12.6. The molecule has 1 heterocycles. The van der Waals surface area contributed by atoms with E-state index in [0.717, 1.165) is 17.8 Å². The first-order valence-corrected chi connectivity index (χ1v) is 8.97. The summed E-state index contributed by atoms with van der Waals surface area (Å²) in [5.74, 6) is 0.0666. The van der Waals surface area contributed by atoms with E-state index in [1.54, 1.807) is 16.2 Å². The van der Waals surface area contributed by atoms with Crippen molar-refractivity contribution in [2.75, 3.05) is 18.5 Å². The van der Waals surface area contributed by atoms with E-state index >= 15 is 0 Å². The molecule has 0 bridgehead atoms. The van der Waals surface area contributed by atoms with Crippen LogP contribution in [0.5, 0.6) is 0 Å². The van der Waals surface area contributed by atoms with E-state index in [4.69, 9.17) is 0 Å². The molecule has 1 aromatic heterocycles. The molecule has 0 unspecified atom stereocenters. The van der Waals surface area contributed by atoms with Crippen LogP contribution in [0.2, 0.25) is 0 Å². The molecule has 0 saturated heterocycles. The molecule has 0 aliphatic carbocycles. The zero-order chi connectivity index (χ0) is 17.0. The third-order valence-corrected chi connectivity index (χ3v) is 5.11. The van der Waals surface area contributed by atoms with Crippen molar-refractivity contribution in [1.29, 1.82) is 0 Å². The van der Waals surface area contributed by atoms with Gasteiger partial charge in [-0.25, -0.2) is 0 Å². The Balaban J connectivity index is 2.09. The zero-order valence-corrected chi connectivity index (χ0v) is 15.5. The molecule has 124 valence electrons. The molecule has 0 saturated carbocycles. The fraction of sp³-hybridized carbons (Fsp3) is 0.421. The number of rotatable bonds is 6. The smallest absolute Gasteiger partial charge is 0.253 e. The van der Waals surface area contributed by atoms with Crippen LogP contribution in [0.25, 0.3) is 0 Å². The van der Waals surface area contributed by atoms with Crippen LogP contribution in [-0.4, -0.2) is 30.4 Å². The molecule has 0 aliphatic heterocycles. The number of benzene rings is 1. The van der Waals surface area contributed by atoms with Gasteiger partial charge in [-0.3, -0.25) is 4.79 Å². The van der Waals surface area contributed by atoms with Gasteiger partial charge in [-0.05, 0) is 69.0 Å². The van der Waals surface area contributed by atoms with Crippen molar-refractivity contribution in [3.63, 3.8) is 0 Å². The minimum absolute atomic E-state index is 0.0666. The summed E-state index contributed by atoms with van der Waals surface area (Å²) >= 11 is 1.70. The van der Waals surface area contributed by atoms with Crippen molar-refractivity contribution in [2.24, 2.45) is 0 Å². The van der Waals surface area contributed by atoms with Crippen molar-refractivity contribution in [3.05, 3.63) is 51.7 Å². The molecule has 0 N–H and O–H groups in total. The molecule has 0 spiro atoms. The summed E-state index contributed by atoms with van der Waals surface area (Å²) in [5, 5.41) is 2.07. The summed E-state index contributed by atoms with van der Waals surface area (Å²) in [6.07, 6.45) is 0. The highest BCUT2D eigenvalue weighted by Crippen LogP contribution is 2.20. The van der Waals surface area contributed by atoms with Crippen molar-refractivity contribution in [1.82, 2.24) is 4.90 Å². The van der Waals surface area contributed by atoms with Crippen LogP contribution in [0.1, 0.15) is 41.6 Å². The predicted octanol–water partition coefficient (Wildman–Crippen LogP) is 4.56. The number of hydrogen-bond acceptors (Lipinski definition) is 3. The molecule has 0 fully saturated rings. The van der Waals surface area contributed by atoms with E-state index in [2.05, 4.69) is 44.0 Å². The number of anilines is 1. The van der Waals surface area contributed by atoms with Gasteiger partial charge in [0.25, 0.3) is 5.91 Å². The summed E-state index contributed by atoms with van der Waals surface area (Å²) < 4.78 is 0. The summed E-state index contributed by atoms with van der Waals surface area (Å²) in [5.41, 5.74) is 3.15.